The first-order valence-electron chi connectivity index (χ1n) is 6.84. The van der Waals surface area contributed by atoms with Gasteiger partial charge in [0.25, 0.3) is 0 Å². The van der Waals surface area contributed by atoms with Crippen LogP contribution in [0.2, 0.25) is 0 Å². The number of nitrogens with zero attached hydrogens (tertiary/aromatic N) is 3. The van der Waals surface area contributed by atoms with Gasteiger partial charge < -0.3 is 9.88 Å². The van der Waals surface area contributed by atoms with Crippen LogP contribution in [0.3, 0.4) is 0 Å². The SMILES string of the molecule is CCn1cnnc1SCC(=O)NCCSc1ccc(Br)cc1. The number of aryl methyl sites for hydroxylation is 1. The van der Waals surface area contributed by atoms with Gasteiger partial charge in [-0.05, 0) is 31.2 Å². The Hall–Kier alpha value is -0.990. The van der Waals surface area contributed by atoms with E-state index in [1.54, 1.807) is 18.1 Å². The fourth-order valence-corrected chi connectivity index (χ4v) is 3.49. The van der Waals surface area contributed by atoms with Crippen molar-refractivity contribution in [2.24, 2.45) is 0 Å². The minimum Gasteiger partial charge on any atom is -0.355 e. The lowest BCUT2D eigenvalue weighted by molar-refractivity contribution is -0.118. The fourth-order valence-electron chi connectivity index (χ4n) is 1.64. The predicted octanol–water partition coefficient (Wildman–Crippen LogP) is 3.06. The van der Waals surface area contributed by atoms with Gasteiger partial charge in [0, 0.05) is 28.2 Å². The van der Waals surface area contributed by atoms with E-state index in [0.29, 0.717) is 12.3 Å². The van der Waals surface area contributed by atoms with Gasteiger partial charge in [-0.15, -0.1) is 22.0 Å². The van der Waals surface area contributed by atoms with Gasteiger partial charge >= 0.3 is 0 Å². The van der Waals surface area contributed by atoms with Crippen LogP contribution in [0.5, 0.6) is 0 Å². The fraction of sp³-hybridized carbons (Fsp3) is 0.357. The summed E-state index contributed by atoms with van der Waals surface area (Å²) in [6.45, 7) is 3.48. The Bertz CT molecular complexity index is 603. The zero-order chi connectivity index (χ0) is 15.8. The van der Waals surface area contributed by atoms with Crippen molar-refractivity contribution in [3.63, 3.8) is 0 Å². The standard InChI is InChI=1S/C14H17BrN4OS2/c1-2-19-10-17-18-14(19)22-9-13(20)16-7-8-21-12-5-3-11(15)4-6-12/h3-6,10H,2,7-9H2,1H3,(H,16,20). The Morgan fingerprint density at radius 1 is 1.32 bits per heavy atom. The number of hydrogen-bond donors (Lipinski definition) is 1. The molecule has 22 heavy (non-hydrogen) atoms. The number of rotatable bonds is 8. The average molecular weight is 401 g/mol. The van der Waals surface area contributed by atoms with E-state index in [-0.39, 0.29) is 5.91 Å². The number of thioether (sulfide) groups is 2. The molecular formula is C14H17BrN4OS2. The molecule has 118 valence electrons. The lowest BCUT2D eigenvalue weighted by Gasteiger charge is -2.05. The van der Waals surface area contributed by atoms with Crippen LogP contribution in [-0.4, -0.2) is 38.7 Å². The van der Waals surface area contributed by atoms with Gasteiger partial charge in [-0.25, -0.2) is 0 Å². The van der Waals surface area contributed by atoms with Crippen LogP contribution in [0.15, 0.2) is 45.1 Å². The average Bonchev–Trinajstić information content (AvgIpc) is 2.99. The van der Waals surface area contributed by atoms with Gasteiger partial charge in [0.05, 0.1) is 5.75 Å². The Labute approximate surface area is 146 Å². The van der Waals surface area contributed by atoms with E-state index in [0.717, 1.165) is 21.9 Å². The van der Waals surface area contributed by atoms with Crippen molar-refractivity contribution in [3.05, 3.63) is 35.1 Å². The molecule has 5 nitrogen and oxygen atoms in total. The Kier molecular flexibility index (Phi) is 7.28. The minimum absolute atomic E-state index is 0.0204. The molecule has 0 saturated heterocycles. The molecule has 2 rings (SSSR count). The molecule has 1 aromatic heterocycles. The molecule has 0 unspecified atom stereocenters. The summed E-state index contributed by atoms with van der Waals surface area (Å²) in [6, 6.07) is 8.15. The largest absolute Gasteiger partial charge is 0.355 e. The van der Waals surface area contributed by atoms with E-state index < -0.39 is 0 Å². The monoisotopic (exact) mass is 400 g/mol. The topological polar surface area (TPSA) is 59.8 Å². The van der Waals surface area contributed by atoms with E-state index in [1.165, 1.54) is 16.7 Å². The molecule has 0 spiro atoms. The van der Waals surface area contributed by atoms with Gasteiger partial charge in [0.1, 0.15) is 6.33 Å². The van der Waals surface area contributed by atoms with Crippen molar-refractivity contribution >= 4 is 45.4 Å². The highest BCUT2D eigenvalue weighted by atomic mass is 79.9. The molecule has 0 atom stereocenters. The van der Waals surface area contributed by atoms with Crippen LogP contribution in [0.25, 0.3) is 0 Å². The minimum atomic E-state index is 0.0204. The molecule has 1 aromatic carbocycles. The van der Waals surface area contributed by atoms with Gasteiger partial charge in [0.15, 0.2) is 5.16 Å². The maximum atomic E-state index is 11.8. The van der Waals surface area contributed by atoms with Crippen molar-refractivity contribution in [1.29, 1.82) is 0 Å². The third kappa shape index (κ3) is 5.66. The van der Waals surface area contributed by atoms with Crippen LogP contribution in [0, 0.1) is 0 Å². The molecule has 1 N–H and O–H groups in total. The van der Waals surface area contributed by atoms with Crippen molar-refractivity contribution in [1.82, 2.24) is 20.1 Å². The lowest BCUT2D eigenvalue weighted by Crippen LogP contribution is -2.27. The van der Waals surface area contributed by atoms with E-state index >= 15 is 0 Å². The summed E-state index contributed by atoms with van der Waals surface area (Å²) in [4.78, 5) is 13.0. The molecule has 0 fully saturated rings. The second kappa shape index (κ2) is 9.22. The number of nitrogens with one attached hydrogen (secondary N) is 1. The Balaban J connectivity index is 1.62. The molecule has 2 aromatic rings. The molecule has 1 heterocycles. The summed E-state index contributed by atoms with van der Waals surface area (Å²) in [5, 5.41) is 11.5. The van der Waals surface area contributed by atoms with Gasteiger partial charge in [-0.2, -0.15) is 0 Å². The predicted molar refractivity (Wildman–Crippen MR) is 94.3 cm³/mol. The van der Waals surface area contributed by atoms with Crippen LogP contribution < -0.4 is 5.32 Å². The first-order chi connectivity index (χ1) is 10.7. The van der Waals surface area contributed by atoms with Gasteiger partial charge in [-0.3, -0.25) is 4.79 Å². The number of hydrogen-bond acceptors (Lipinski definition) is 5. The normalized spacial score (nSPS) is 10.6. The van der Waals surface area contributed by atoms with Crippen LogP contribution in [-0.2, 0) is 11.3 Å². The highest BCUT2D eigenvalue weighted by molar-refractivity contribution is 9.10. The lowest BCUT2D eigenvalue weighted by atomic mass is 10.4. The first kappa shape index (κ1) is 17.4. The number of carbonyl (C=O) groups excluding carboxylic acids is 1. The van der Waals surface area contributed by atoms with Crippen molar-refractivity contribution in [3.8, 4) is 0 Å². The highest BCUT2D eigenvalue weighted by Crippen LogP contribution is 2.20. The zero-order valence-electron chi connectivity index (χ0n) is 12.2. The number of amides is 1. The maximum absolute atomic E-state index is 11.8. The molecule has 1 amide bonds. The molecule has 0 bridgehead atoms. The highest BCUT2D eigenvalue weighted by Gasteiger charge is 2.07. The van der Waals surface area contributed by atoms with Crippen LogP contribution >= 0.6 is 39.5 Å². The molecule has 0 aliphatic heterocycles. The third-order valence-electron chi connectivity index (χ3n) is 2.76. The van der Waals surface area contributed by atoms with E-state index in [2.05, 4.69) is 43.6 Å². The second-order valence-electron chi connectivity index (χ2n) is 4.34. The number of benzene rings is 1. The summed E-state index contributed by atoms with van der Waals surface area (Å²) in [5.74, 6) is 1.23. The number of carbonyl (C=O) groups is 1. The summed E-state index contributed by atoms with van der Waals surface area (Å²) in [7, 11) is 0. The van der Waals surface area contributed by atoms with Gasteiger partial charge in [0.2, 0.25) is 5.91 Å². The Morgan fingerprint density at radius 2 is 2.09 bits per heavy atom. The molecule has 0 aliphatic carbocycles. The molecule has 8 heteroatoms. The number of halogens is 1. The molecule has 0 saturated carbocycles. The molecular weight excluding hydrogens is 384 g/mol. The summed E-state index contributed by atoms with van der Waals surface area (Å²) in [6.07, 6.45) is 1.68. The summed E-state index contributed by atoms with van der Waals surface area (Å²) >= 11 is 6.54. The van der Waals surface area contributed by atoms with Crippen molar-refractivity contribution < 1.29 is 4.79 Å². The summed E-state index contributed by atoms with van der Waals surface area (Å²) < 4.78 is 2.99. The Morgan fingerprint density at radius 3 is 2.82 bits per heavy atom. The van der Waals surface area contributed by atoms with Crippen LogP contribution in [0.4, 0.5) is 0 Å². The second-order valence-corrected chi connectivity index (χ2v) is 7.37. The smallest absolute Gasteiger partial charge is 0.230 e. The van der Waals surface area contributed by atoms with Gasteiger partial charge in [-0.1, -0.05) is 27.7 Å². The van der Waals surface area contributed by atoms with Crippen LogP contribution in [0.1, 0.15) is 6.92 Å². The number of aromatic nitrogens is 3. The van der Waals surface area contributed by atoms with E-state index in [1.807, 2.05) is 23.6 Å². The van der Waals surface area contributed by atoms with E-state index in [9.17, 15) is 4.79 Å². The first-order valence-corrected chi connectivity index (χ1v) is 9.61. The molecule has 0 aliphatic rings. The van der Waals surface area contributed by atoms with Crippen molar-refractivity contribution in [2.75, 3.05) is 18.1 Å². The third-order valence-corrected chi connectivity index (χ3v) is 5.28. The maximum Gasteiger partial charge on any atom is 0.230 e. The quantitative estimate of drug-likeness (QED) is 0.544. The zero-order valence-corrected chi connectivity index (χ0v) is 15.4. The summed E-state index contributed by atoms with van der Waals surface area (Å²) in [5.41, 5.74) is 0. The molecule has 0 radical (unpaired) electrons. The van der Waals surface area contributed by atoms with Crippen molar-refractivity contribution in [2.45, 2.75) is 23.5 Å². The van der Waals surface area contributed by atoms with E-state index in [4.69, 9.17) is 0 Å².